The largest absolute Gasteiger partial charge is 0.389 e. The third-order valence-corrected chi connectivity index (χ3v) is 2.36. The predicted molar refractivity (Wildman–Crippen MR) is 55.8 cm³/mol. The first-order valence-electron chi connectivity index (χ1n) is 4.73. The monoisotopic (exact) mass is 275 g/mol. The maximum atomic E-state index is 11.9. The van der Waals surface area contributed by atoms with Crippen LogP contribution >= 0.6 is 15.9 Å². The van der Waals surface area contributed by atoms with Gasteiger partial charge in [0.05, 0.1) is 0 Å². The van der Waals surface area contributed by atoms with Crippen molar-refractivity contribution < 1.29 is 13.2 Å². The first-order chi connectivity index (χ1) is 6.37. The number of halogens is 4. The zero-order chi connectivity index (χ0) is 11.2. The van der Waals surface area contributed by atoms with Crippen molar-refractivity contribution in [2.45, 2.75) is 38.9 Å². The van der Waals surface area contributed by atoms with Crippen LogP contribution in [0.25, 0.3) is 0 Å². The van der Waals surface area contributed by atoms with Crippen molar-refractivity contribution in [2.75, 3.05) is 18.4 Å². The van der Waals surface area contributed by atoms with Gasteiger partial charge in [-0.2, -0.15) is 13.2 Å². The van der Waals surface area contributed by atoms with Gasteiger partial charge < -0.3 is 4.90 Å². The van der Waals surface area contributed by atoms with E-state index in [4.69, 9.17) is 0 Å². The Kier molecular flexibility index (Phi) is 6.78. The quantitative estimate of drug-likeness (QED) is 0.672. The molecule has 0 aromatic heterocycles. The van der Waals surface area contributed by atoms with E-state index in [1.807, 2.05) is 18.7 Å². The molecule has 0 rings (SSSR count). The molecule has 0 aliphatic carbocycles. The summed E-state index contributed by atoms with van der Waals surface area (Å²) in [5.74, 6) is 0. The minimum atomic E-state index is -4.02. The molecule has 0 bridgehead atoms. The third kappa shape index (κ3) is 7.62. The summed E-state index contributed by atoms with van der Waals surface area (Å²) in [6, 6.07) is 0.306. The first kappa shape index (κ1) is 14.2. The molecular weight excluding hydrogens is 259 g/mol. The van der Waals surface area contributed by atoms with Gasteiger partial charge in [0.1, 0.15) is 0 Å². The maximum absolute atomic E-state index is 11.9. The van der Waals surface area contributed by atoms with Crippen molar-refractivity contribution >= 4 is 15.9 Å². The summed E-state index contributed by atoms with van der Waals surface area (Å²) in [4.78, 5) is 2.04. The first-order valence-corrected chi connectivity index (χ1v) is 5.85. The van der Waals surface area contributed by atoms with Crippen LogP contribution in [-0.2, 0) is 0 Å². The van der Waals surface area contributed by atoms with Crippen molar-refractivity contribution in [1.29, 1.82) is 0 Å². The van der Waals surface area contributed by atoms with Gasteiger partial charge in [0.2, 0.25) is 0 Å². The molecule has 0 aromatic rings. The topological polar surface area (TPSA) is 3.24 Å². The molecule has 0 spiro atoms. The Morgan fingerprint density at radius 2 is 1.79 bits per heavy atom. The van der Waals surface area contributed by atoms with E-state index in [0.29, 0.717) is 12.6 Å². The second-order valence-electron chi connectivity index (χ2n) is 3.54. The standard InChI is InChI=1S/C9H17BrF3N/c1-8(2)14(7-5-10)6-3-4-9(11,12)13/h8H,3-7H2,1-2H3. The molecule has 0 amide bonds. The Morgan fingerprint density at radius 3 is 2.14 bits per heavy atom. The zero-order valence-electron chi connectivity index (χ0n) is 8.57. The second kappa shape index (κ2) is 6.67. The van der Waals surface area contributed by atoms with Gasteiger partial charge in [0.25, 0.3) is 0 Å². The van der Waals surface area contributed by atoms with Gasteiger partial charge in [-0.05, 0) is 26.8 Å². The van der Waals surface area contributed by atoms with Crippen LogP contribution in [0.3, 0.4) is 0 Å². The highest BCUT2D eigenvalue weighted by Crippen LogP contribution is 2.21. The van der Waals surface area contributed by atoms with Gasteiger partial charge in [-0.25, -0.2) is 0 Å². The average Bonchev–Trinajstić information content (AvgIpc) is 2.00. The molecule has 0 unspecified atom stereocenters. The van der Waals surface area contributed by atoms with E-state index in [0.717, 1.165) is 11.9 Å². The number of rotatable bonds is 6. The lowest BCUT2D eigenvalue weighted by molar-refractivity contribution is -0.136. The number of hydrogen-bond donors (Lipinski definition) is 0. The number of alkyl halides is 4. The van der Waals surface area contributed by atoms with E-state index < -0.39 is 12.6 Å². The van der Waals surface area contributed by atoms with Crippen LogP contribution < -0.4 is 0 Å². The van der Waals surface area contributed by atoms with Gasteiger partial charge in [0.15, 0.2) is 0 Å². The smallest absolute Gasteiger partial charge is 0.300 e. The van der Waals surface area contributed by atoms with Gasteiger partial charge in [-0.1, -0.05) is 15.9 Å². The molecule has 0 radical (unpaired) electrons. The van der Waals surface area contributed by atoms with Crippen LogP contribution in [0.4, 0.5) is 13.2 Å². The van der Waals surface area contributed by atoms with Crippen LogP contribution in [0, 0.1) is 0 Å². The summed E-state index contributed by atoms with van der Waals surface area (Å²) < 4.78 is 35.6. The fraction of sp³-hybridized carbons (Fsp3) is 1.00. The van der Waals surface area contributed by atoms with E-state index in [-0.39, 0.29) is 6.42 Å². The molecule has 0 saturated heterocycles. The lowest BCUT2D eigenvalue weighted by Gasteiger charge is -2.25. The summed E-state index contributed by atoms with van der Waals surface area (Å²) in [7, 11) is 0. The van der Waals surface area contributed by atoms with Gasteiger partial charge >= 0.3 is 6.18 Å². The summed E-state index contributed by atoms with van der Waals surface area (Å²) in [6.07, 6.45) is -4.51. The van der Waals surface area contributed by atoms with Crippen LogP contribution in [-0.4, -0.2) is 35.5 Å². The number of nitrogens with zero attached hydrogens (tertiary/aromatic N) is 1. The van der Waals surface area contributed by atoms with Crippen molar-refractivity contribution in [1.82, 2.24) is 4.90 Å². The number of hydrogen-bond acceptors (Lipinski definition) is 1. The fourth-order valence-corrected chi connectivity index (χ4v) is 1.67. The minimum absolute atomic E-state index is 0.189. The SMILES string of the molecule is CC(C)N(CCBr)CCCC(F)(F)F. The maximum Gasteiger partial charge on any atom is 0.389 e. The van der Waals surface area contributed by atoms with Crippen LogP contribution in [0.2, 0.25) is 0 Å². The van der Waals surface area contributed by atoms with E-state index >= 15 is 0 Å². The minimum Gasteiger partial charge on any atom is -0.300 e. The molecular formula is C9H17BrF3N. The average molecular weight is 276 g/mol. The molecule has 0 aromatic carbocycles. The van der Waals surface area contributed by atoms with Gasteiger partial charge in [0, 0.05) is 24.3 Å². The Balaban J connectivity index is 3.72. The molecule has 14 heavy (non-hydrogen) atoms. The highest BCUT2D eigenvalue weighted by Gasteiger charge is 2.26. The van der Waals surface area contributed by atoms with Crippen LogP contribution in [0.15, 0.2) is 0 Å². The molecule has 0 heterocycles. The highest BCUT2D eigenvalue weighted by molar-refractivity contribution is 9.09. The lowest BCUT2D eigenvalue weighted by atomic mass is 10.2. The van der Waals surface area contributed by atoms with E-state index in [2.05, 4.69) is 15.9 Å². The Bertz CT molecular complexity index is 147. The molecule has 0 aliphatic rings. The fourth-order valence-electron chi connectivity index (χ4n) is 1.22. The molecule has 0 saturated carbocycles. The summed E-state index contributed by atoms with van der Waals surface area (Å²) in [5.41, 5.74) is 0. The zero-order valence-corrected chi connectivity index (χ0v) is 10.2. The molecule has 86 valence electrons. The molecule has 0 atom stereocenters. The summed E-state index contributed by atoms with van der Waals surface area (Å²) >= 11 is 3.29. The van der Waals surface area contributed by atoms with E-state index in [1.54, 1.807) is 0 Å². The Hall–Kier alpha value is 0.230. The van der Waals surface area contributed by atoms with Crippen LogP contribution in [0.1, 0.15) is 26.7 Å². The molecule has 5 heteroatoms. The second-order valence-corrected chi connectivity index (χ2v) is 4.33. The lowest BCUT2D eigenvalue weighted by Crippen LogP contribution is -2.34. The van der Waals surface area contributed by atoms with E-state index in [1.165, 1.54) is 0 Å². The summed E-state index contributed by atoms with van der Waals surface area (Å²) in [5, 5.41) is 0.803. The van der Waals surface area contributed by atoms with Gasteiger partial charge in [-0.3, -0.25) is 0 Å². The van der Waals surface area contributed by atoms with Crippen molar-refractivity contribution in [3.8, 4) is 0 Å². The Morgan fingerprint density at radius 1 is 1.21 bits per heavy atom. The highest BCUT2D eigenvalue weighted by atomic mass is 79.9. The molecule has 0 aliphatic heterocycles. The molecule has 0 fully saturated rings. The van der Waals surface area contributed by atoms with Crippen LogP contribution in [0.5, 0.6) is 0 Å². The molecule has 1 nitrogen and oxygen atoms in total. The third-order valence-electron chi connectivity index (χ3n) is 2.01. The van der Waals surface area contributed by atoms with Crippen molar-refractivity contribution in [2.24, 2.45) is 0 Å². The Labute approximate surface area is 91.8 Å². The van der Waals surface area contributed by atoms with Crippen molar-refractivity contribution in [3.63, 3.8) is 0 Å². The predicted octanol–water partition coefficient (Wildman–Crippen LogP) is 3.43. The van der Waals surface area contributed by atoms with Crippen molar-refractivity contribution in [3.05, 3.63) is 0 Å². The van der Waals surface area contributed by atoms with E-state index in [9.17, 15) is 13.2 Å². The normalized spacial score (nSPS) is 12.9. The summed E-state index contributed by atoms with van der Waals surface area (Å²) in [6.45, 7) is 5.31. The molecule has 0 N–H and O–H groups in total. The van der Waals surface area contributed by atoms with Gasteiger partial charge in [-0.15, -0.1) is 0 Å².